The first-order chi connectivity index (χ1) is 10.0. The average Bonchev–Trinajstić information content (AvgIpc) is 2.48. The molecule has 2 rings (SSSR count). The molecule has 0 spiro atoms. The average molecular weight is 356 g/mol. The number of methoxy groups -OCH3 is 1. The molecule has 1 unspecified atom stereocenters. The fraction of sp³-hybridized carbons (Fsp3) is 0.250. The summed E-state index contributed by atoms with van der Waals surface area (Å²) >= 11 is 3.51. The third kappa shape index (κ3) is 3.80. The molecule has 2 aromatic rings. The Morgan fingerprint density at radius 2 is 1.90 bits per heavy atom. The van der Waals surface area contributed by atoms with Gasteiger partial charge in [-0.25, -0.2) is 8.78 Å². The lowest BCUT2D eigenvalue weighted by molar-refractivity contribution is 0.414. The van der Waals surface area contributed by atoms with E-state index in [1.807, 2.05) is 25.2 Å². The van der Waals surface area contributed by atoms with Gasteiger partial charge in [-0.05, 0) is 48.9 Å². The predicted octanol–water partition coefficient (Wildman–Crippen LogP) is 4.24. The number of nitrogens with one attached hydrogen (secondary N) is 1. The topological polar surface area (TPSA) is 21.3 Å². The summed E-state index contributed by atoms with van der Waals surface area (Å²) in [6.45, 7) is 0. The van der Waals surface area contributed by atoms with Gasteiger partial charge >= 0.3 is 0 Å². The van der Waals surface area contributed by atoms with Crippen molar-refractivity contribution in [3.8, 4) is 5.75 Å². The van der Waals surface area contributed by atoms with E-state index >= 15 is 0 Å². The first kappa shape index (κ1) is 15.9. The molecule has 21 heavy (non-hydrogen) atoms. The SMILES string of the molecule is CNC(Cc1ccc(F)c(F)c1)c1ccc(OC)cc1Br. The van der Waals surface area contributed by atoms with E-state index in [1.165, 1.54) is 6.07 Å². The highest BCUT2D eigenvalue weighted by atomic mass is 79.9. The van der Waals surface area contributed by atoms with Gasteiger partial charge in [0.2, 0.25) is 0 Å². The molecular formula is C16H16BrF2NO. The van der Waals surface area contributed by atoms with Gasteiger partial charge in [0.05, 0.1) is 7.11 Å². The summed E-state index contributed by atoms with van der Waals surface area (Å²) in [6, 6.07) is 9.66. The molecule has 0 aliphatic carbocycles. The third-order valence-corrected chi connectivity index (χ3v) is 4.04. The van der Waals surface area contributed by atoms with Crippen LogP contribution < -0.4 is 10.1 Å². The van der Waals surface area contributed by atoms with E-state index in [1.54, 1.807) is 13.2 Å². The summed E-state index contributed by atoms with van der Waals surface area (Å²) in [7, 11) is 3.44. The highest BCUT2D eigenvalue weighted by Crippen LogP contribution is 2.29. The van der Waals surface area contributed by atoms with Gasteiger partial charge in [0.15, 0.2) is 11.6 Å². The molecule has 1 N–H and O–H groups in total. The Morgan fingerprint density at radius 3 is 2.48 bits per heavy atom. The second-order valence-electron chi connectivity index (χ2n) is 4.68. The Hall–Kier alpha value is -1.46. The monoisotopic (exact) mass is 355 g/mol. The molecule has 0 aliphatic heterocycles. The van der Waals surface area contributed by atoms with Crippen LogP contribution in [0.15, 0.2) is 40.9 Å². The Labute approximate surface area is 131 Å². The number of ether oxygens (including phenoxy) is 1. The summed E-state index contributed by atoms with van der Waals surface area (Å²) < 4.78 is 32.3. The van der Waals surface area contributed by atoms with Gasteiger partial charge in [-0.15, -0.1) is 0 Å². The molecule has 0 saturated carbocycles. The smallest absolute Gasteiger partial charge is 0.159 e. The van der Waals surface area contributed by atoms with Crippen LogP contribution in [-0.4, -0.2) is 14.2 Å². The summed E-state index contributed by atoms with van der Waals surface area (Å²) in [4.78, 5) is 0. The number of halogens is 3. The van der Waals surface area contributed by atoms with E-state index in [4.69, 9.17) is 4.74 Å². The standard InChI is InChI=1S/C16H16BrF2NO/c1-20-16(8-10-3-6-14(18)15(19)7-10)12-5-4-11(21-2)9-13(12)17/h3-7,9,16,20H,8H2,1-2H3. The van der Waals surface area contributed by atoms with Crippen molar-refractivity contribution in [3.05, 3.63) is 63.6 Å². The third-order valence-electron chi connectivity index (χ3n) is 3.36. The molecule has 0 bridgehead atoms. The van der Waals surface area contributed by atoms with Gasteiger partial charge in [0.25, 0.3) is 0 Å². The lowest BCUT2D eigenvalue weighted by Crippen LogP contribution is -2.19. The van der Waals surface area contributed by atoms with Gasteiger partial charge in [-0.2, -0.15) is 0 Å². The number of likely N-dealkylation sites (N-methyl/N-ethyl adjacent to an activating group) is 1. The minimum Gasteiger partial charge on any atom is -0.497 e. The van der Waals surface area contributed by atoms with Crippen LogP contribution >= 0.6 is 15.9 Å². The first-order valence-corrected chi connectivity index (χ1v) is 7.29. The Bertz CT molecular complexity index is 634. The maximum Gasteiger partial charge on any atom is 0.159 e. The second kappa shape index (κ2) is 7.00. The van der Waals surface area contributed by atoms with Crippen molar-refractivity contribution in [3.63, 3.8) is 0 Å². The molecule has 0 amide bonds. The highest BCUT2D eigenvalue weighted by molar-refractivity contribution is 9.10. The number of benzene rings is 2. The lowest BCUT2D eigenvalue weighted by Gasteiger charge is -2.19. The lowest BCUT2D eigenvalue weighted by atomic mass is 9.99. The molecule has 0 fully saturated rings. The van der Waals surface area contributed by atoms with E-state index in [2.05, 4.69) is 21.2 Å². The highest BCUT2D eigenvalue weighted by Gasteiger charge is 2.15. The van der Waals surface area contributed by atoms with Crippen LogP contribution in [0.4, 0.5) is 8.78 Å². The van der Waals surface area contributed by atoms with E-state index < -0.39 is 11.6 Å². The van der Waals surface area contributed by atoms with E-state index in [-0.39, 0.29) is 6.04 Å². The molecule has 2 aromatic carbocycles. The van der Waals surface area contributed by atoms with E-state index in [0.717, 1.165) is 27.4 Å². The zero-order valence-electron chi connectivity index (χ0n) is 11.8. The van der Waals surface area contributed by atoms with Gasteiger partial charge in [0, 0.05) is 10.5 Å². The zero-order chi connectivity index (χ0) is 15.4. The maximum atomic E-state index is 13.3. The van der Waals surface area contributed by atoms with Gasteiger partial charge in [-0.1, -0.05) is 28.1 Å². The van der Waals surface area contributed by atoms with Gasteiger partial charge < -0.3 is 10.1 Å². The Morgan fingerprint density at radius 1 is 1.14 bits per heavy atom. The fourth-order valence-corrected chi connectivity index (χ4v) is 2.82. The fourth-order valence-electron chi connectivity index (χ4n) is 2.19. The van der Waals surface area contributed by atoms with Crippen molar-refractivity contribution >= 4 is 15.9 Å². The number of hydrogen-bond acceptors (Lipinski definition) is 2. The number of hydrogen-bond donors (Lipinski definition) is 1. The molecule has 2 nitrogen and oxygen atoms in total. The van der Waals surface area contributed by atoms with Gasteiger partial charge in [0.1, 0.15) is 5.75 Å². The van der Waals surface area contributed by atoms with Crippen LogP contribution in [0.5, 0.6) is 5.75 Å². The molecule has 0 heterocycles. The quantitative estimate of drug-likeness (QED) is 0.865. The maximum absolute atomic E-state index is 13.3. The molecule has 1 atom stereocenters. The number of rotatable bonds is 5. The van der Waals surface area contributed by atoms with Crippen molar-refractivity contribution in [2.24, 2.45) is 0 Å². The molecule has 0 saturated heterocycles. The zero-order valence-corrected chi connectivity index (χ0v) is 13.4. The van der Waals surface area contributed by atoms with E-state index in [0.29, 0.717) is 6.42 Å². The molecule has 0 aromatic heterocycles. The van der Waals surface area contributed by atoms with Crippen LogP contribution in [0.1, 0.15) is 17.2 Å². The summed E-state index contributed by atoms with van der Waals surface area (Å²) in [6.07, 6.45) is 0.554. The second-order valence-corrected chi connectivity index (χ2v) is 5.54. The predicted molar refractivity (Wildman–Crippen MR) is 82.6 cm³/mol. The molecule has 5 heteroatoms. The van der Waals surface area contributed by atoms with Crippen molar-refractivity contribution < 1.29 is 13.5 Å². The normalized spacial score (nSPS) is 12.2. The molecule has 0 aliphatic rings. The van der Waals surface area contributed by atoms with Crippen molar-refractivity contribution in [1.82, 2.24) is 5.32 Å². The van der Waals surface area contributed by atoms with Crippen LogP contribution in [0.25, 0.3) is 0 Å². The van der Waals surface area contributed by atoms with Crippen molar-refractivity contribution in [2.45, 2.75) is 12.5 Å². The van der Waals surface area contributed by atoms with Gasteiger partial charge in [-0.3, -0.25) is 0 Å². The first-order valence-electron chi connectivity index (χ1n) is 6.49. The summed E-state index contributed by atoms with van der Waals surface area (Å²) in [5, 5.41) is 3.19. The summed E-state index contributed by atoms with van der Waals surface area (Å²) in [5.74, 6) is -0.894. The van der Waals surface area contributed by atoms with Crippen LogP contribution in [0.3, 0.4) is 0 Å². The van der Waals surface area contributed by atoms with Crippen LogP contribution in [0.2, 0.25) is 0 Å². The molecular weight excluding hydrogens is 340 g/mol. The molecule has 112 valence electrons. The minimum absolute atomic E-state index is 0.0184. The minimum atomic E-state index is -0.828. The van der Waals surface area contributed by atoms with Crippen molar-refractivity contribution in [1.29, 1.82) is 0 Å². The largest absolute Gasteiger partial charge is 0.497 e. The van der Waals surface area contributed by atoms with E-state index in [9.17, 15) is 8.78 Å². The van der Waals surface area contributed by atoms with Crippen LogP contribution in [0, 0.1) is 11.6 Å². The molecule has 0 radical (unpaired) electrons. The van der Waals surface area contributed by atoms with Crippen LogP contribution in [-0.2, 0) is 6.42 Å². The Balaban J connectivity index is 2.25. The summed E-state index contributed by atoms with van der Waals surface area (Å²) in [5.41, 5.74) is 1.76. The Kier molecular flexibility index (Phi) is 5.31. The van der Waals surface area contributed by atoms with Crippen molar-refractivity contribution in [2.75, 3.05) is 14.2 Å².